The summed E-state index contributed by atoms with van der Waals surface area (Å²) in [6, 6.07) is -1.27. The Morgan fingerprint density at radius 2 is 1.16 bits per heavy atom. The van der Waals surface area contributed by atoms with Crippen molar-refractivity contribution in [2.24, 2.45) is 0 Å². The molecule has 14 heteroatoms. The normalized spacial score (nSPS) is 25.9. The van der Waals surface area contributed by atoms with E-state index >= 15 is 0 Å². The van der Waals surface area contributed by atoms with Crippen LogP contribution in [0.5, 0.6) is 0 Å². The molecule has 0 saturated heterocycles. The van der Waals surface area contributed by atoms with Crippen molar-refractivity contribution >= 4 is 13.7 Å². The fourth-order valence-corrected chi connectivity index (χ4v) is 6.39. The lowest BCUT2D eigenvalue weighted by atomic mass is 9.85. The van der Waals surface area contributed by atoms with Crippen LogP contribution in [0.15, 0.2) is 48.6 Å². The highest BCUT2D eigenvalue weighted by Crippen LogP contribution is 2.47. The lowest BCUT2D eigenvalue weighted by Crippen LogP contribution is -2.64. The molecule has 1 fully saturated rings. The zero-order chi connectivity index (χ0) is 38.1. The molecule has 1 saturated carbocycles. The number of phosphoric ester groups is 1. The van der Waals surface area contributed by atoms with Gasteiger partial charge in [0.15, 0.2) is 0 Å². The quantitative estimate of drug-likeness (QED) is 0.0314. The SMILES string of the molecule is CCCC/C=C\CCCCC(O)CC(=O)NC(COP(=O)(O)OC1C(O)C(O)C(O)C(O)C1O)C(O)/C=C/CC/C=C/CC/C=C/CCCCC. The molecule has 9 N–H and O–H groups in total. The van der Waals surface area contributed by atoms with Crippen LogP contribution in [0.2, 0.25) is 0 Å². The van der Waals surface area contributed by atoms with Gasteiger partial charge in [0.05, 0.1) is 31.3 Å². The number of allylic oxidation sites excluding steroid dienone is 7. The van der Waals surface area contributed by atoms with Crippen LogP contribution in [0.4, 0.5) is 0 Å². The molecule has 1 rings (SSSR count). The third-order valence-corrected chi connectivity index (χ3v) is 9.60. The predicted molar refractivity (Wildman–Crippen MR) is 196 cm³/mol. The van der Waals surface area contributed by atoms with Gasteiger partial charge in [0, 0.05) is 0 Å². The van der Waals surface area contributed by atoms with Gasteiger partial charge in [-0.3, -0.25) is 13.8 Å². The summed E-state index contributed by atoms with van der Waals surface area (Å²) in [7, 11) is -5.14. The molecule has 51 heavy (non-hydrogen) atoms. The Kier molecular flexibility index (Phi) is 25.8. The van der Waals surface area contributed by atoms with E-state index in [0.717, 1.165) is 51.4 Å². The van der Waals surface area contributed by atoms with Crippen molar-refractivity contribution in [3.05, 3.63) is 48.6 Å². The van der Waals surface area contributed by atoms with Gasteiger partial charge < -0.3 is 46.0 Å². The average Bonchev–Trinajstić information content (AvgIpc) is 3.09. The first-order valence-electron chi connectivity index (χ1n) is 18.7. The number of unbranched alkanes of at least 4 members (excludes halogenated alkanes) is 9. The second kappa shape index (κ2) is 27.8. The van der Waals surface area contributed by atoms with Crippen molar-refractivity contribution in [3.8, 4) is 0 Å². The van der Waals surface area contributed by atoms with Gasteiger partial charge in [-0.2, -0.15) is 0 Å². The molecule has 1 aliphatic rings. The maximum absolute atomic E-state index is 12.8. The fourth-order valence-electron chi connectivity index (χ4n) is 5.43. The molecule has 8 unspecified atom stereocenters. The number of amides is 1. The molecule has 13 nitrogen and oxygen atoms in total. The number of nitrogens with one attached hydrogen (secondary N) is 1. The lowest BCUT2D eigenvalue weighted by molar-refractivity contribution is -0.220. The predicted octanol–water partition coefficient (Wildman–Crippen LogP) is 4.02. The van der Waals surface area contributed by atoms with Crippen LogP contribution in [-0.4, -0.2) is 108 Å². The van der Waals surface area contributed by atoms with E-state index in [1.165, 1.54) is 25.3 Å². The van der Waals surface area contributed by atoms with Gasteiger partial charge in [-0.25, -0.2) is 4.57 Å². The van der Waals surface area contributed by atoms with Crippen LogP contribution < -0.4 is 5.32 Å². The maximum Gasteiger partial charge on any atom is 0.472 e. The van der Waals surface area contributed by atoms with E-state index in [4.69, 9.17) is 9.05 Å². The van der Waals surface area contributed by atoms with Gasteiger partial charge in [-0.1, -0.05) is 94.6 Å². The highest BCUT2D eigenvalue weighted by Gasteiger charge is 2.51. The average molecular weight is 748 g/mol. The molecule has 0 radical (unpaired) electrons. The first-order valence-corrected chi connectivity index (χ1v) is 20.2. The standard InChI is InChI=1S/C37H66NO12P/c1-3-5-7-9-11-13-14-15-16-17-19-21-23-25-30(40)29(38-31(41)26-28(39)24-22-20-18-12-10-8-6-4-2)27-49-51(47,48)50-37-35(45)33(43)32(42)34(44)36(37)46/h10-13,16-17,23,25,28-30,32-37,39-40,42-46H,3-9,14-15,18-22,24,26-27H2,1-2H3,(H,38,41)(H,47,48)/b12-10-,13-11+,17-16+,25-23+. The third kappa shape index (κ3) is 20.9. The van der Waals surface area contributed by atoms with E-state index in [0.29, 0.717) is 25.7 Å². The second-order valence-corrected chi connectivity index (χ2v) is 14.6. The first kappa shape index (κ1) is 47.3. The number of carbonyl (C=O) groups excluding carboxylic acids is 1. The molecule has 0 aliphatic heterocycles. The van der Waals surface area contributed by atoms with E-state index in [1.54, 1.807) is 6.08 Å². The summed E-state index contributed by atoms with van der Waals surface area (Å²) >= 11 is 0. The fraction of sp³-hybridized carbons (Fsp3) is 0.757. The largest absolute Gasteiger partial charge is 0.472 e. The first-order chi connectivity index (χ1) is 24.3. The Bertz CT molecular complexity index is 1070. The molecule has 0 heterocycles. The molecule has 0 aromatic carbocycles. The highest BCUT2D eigenvalue weighted by atomic mass is 31.2. The zero-order valence-corrected chi connectivity index (χ0v) is 31.4. The van der Waals surface area contributed by atoms with Crippen molar-refractivity contribution in [3.63, 3.8) is 0 Å². The van der Waals surface area contributed by atoms with Crippen molar-refractivity contribution in [2.75, 3.05) is 6.61 Å². The summed E-state index contributed by atoms with van der Waals surface area (Å²) in [4.78, 5) is 23.2. The van der Waals surface area contributed by atoms with Gasteiger partial charge in [-0.15, -0.1) is 0 Å². The van der Waals surface area contributed by atoms with Crippen LogP contribution >= 0.6 is 7.82 Å². The molecule has 8 atom stereocenters. The Morgan fingerprint density at radius 1 is 0.686 bits per heavy atom. The van der Waals surface area contributed by atoms with E-state index in [2.05, 4.69) is 49.5 Å². The number of hydrogen-bond donors (Lipinski definition) is 9. The molecule has 0 spiro atoms. The molecule has 0 bridgehead atoms. The van der Waals surface area contributed by atoms with Crippen LogP contribution in [0.1, 0.15) is 117 Å². The topological polar surface area (TPSA) is 226 Å². The number of phosphoric acid groups is 1. The van der Waals surface area contributed by atoms with E-state index < -0.39 is 75.2 Å². The monoisotopic (exact) mass is 747 g/mol. The van der Waals surface area contributed by atoms with E-state index in [9.17, 15) is 50.0 Å². The number of aliphatic hydroxyl groups excluding tert-OH is 7. The summed E-state index contributed by atoms with van der Waals surface area (Å²) in [6.07, 6.45) is 15.3. The van der Waals surface area contributed by atoms with Crippen LogP contribution in [0.25, 0.3) is 0 Å². The number of rotatable bonds is 28. The van der Waals surface area contributed by atoms with Crippen LogP contribution in [0.3, 0.4) is 0 Å². The molecule has 0 aromatic heterocycles. The molecule has 0 aromatic rings. The summed E-state index contributed by atoms with van der Waals surface area (Å²) in [6.45, 7) is 3.56. The second-order valence-electron chi connectivity index (χ2n) is 13.2. The van der Waals surface area contributed by atoms with Crippen molar-refractivity contribution in [2.45, 2.75) is 171 Å². The minimum absolute atomic E-state index is 0.274. The van der Waals surface area contributed by atoms with Gasteiger partial charge in [-0.05, 0) is 64.2 Å². The number of carbonyl (C=O) groups is 1. The summed E-state index contributed by atoms with van der Waals surface area (Å²) < 4.78 is 22.6. The van der Waals surface area contributed by atoms with Gasteiger partial charge in [0.2, 0.25) is 5.91 Å². The van der Waals surface area contributed by atoms with Crippen LogP contribution in [0, 0.1) is 0 Å². The summed E-state index contributed by atoms with van der Waals surface area (Å²) in [5, 5.41) is 73.8. The van der Waals surface area contributed by atoms with E-state index in [1.807, 2.05) is 6.08 Å². The Balaban J connectivity index is 2.75. The molecule has 1 amide bonds. The Labute approximate surface area is 304 Å². The van der Waals surface area contributed by atoms with Gasteiger partial charge >= 0.3 is 7.82 Å². The Hall–Kier alpha value is -1.74. The lowest BCUT2D eigenvalue weighted by Gasteiger charge is -2.41. The summed E-state index contributed by atoms with van der Waals surface area (Å²) in [5.74, 6) is -0.627. The zero-order valence-electron chi connectivity index (χ0n) is 30.5. The third-order valence-electron chi connectivity index (χ3n) is 8.61. The minimum atomic E-state index is -5.14. The molecule has 1 aliphatic carbocycles. The van der Waals surface area contributed by atoms with E-state index in [-0.39, 0.29) is 6.42 Å². The maximum atomic E-state index is 12.8. The number of aliphatic hydroxyl groups is 7. The molecular formula is C37H66NO12P. The van der Waals surface area contributed by atoms with Crippen molar-refractivity contribution < 1.29 is 59.0 Å². The minimum Gasteiger partial charge on any atom is -0.393 e. The van der Waals surface area contributed by atoms with Crippen LogP contribution in [-0.2, 0) is 18.4 Å². The highest BCUT2D eigenvalue weighted by molar-refractivity contribution is 7.47. The van der Waals surface area contributed by atoms with Crippen molar-refractivity contribution in [1.29, 1.82) is 0 Å². The molecule has 296 valence electrons. The summed E-state index contributed by atoms with van der Waals surface area (Å²) in [5.41, 5.74) is 0. The Morgan fingerprint density at radius 3 is 1.71 bits per heavy atom. The van der Waals surface area contributed by atoms with Gasteiger partial charge in [0.25, 0.3) is 0 Å². The van der Waals surface area contributed by atoms with Crippen molar-refractivity contribution in [1.82, 2.24) is 5.32 Å². The van der Waals surface area contributed by atoms with Gasteiger partial charge in [0.1, 0.15) is 36.6 Å². The smallest absolute Gasteiger partial charge is 0.393 e. The molecular weight excluding hydrogens is 681 g/mol. The number of hydrogen-bond acceptors (Lipinski definition) is 11.